The fourth-order valence-electron chi connectivity index (χ4n) is 2.90. The molecule has 1 fully saturated rings. The quantitative estimate of drug-likeness (QED) is 0.932. The van der Waals surface area contributed by atoms with Gasteiger partial charge in [0.1, 0.15) is 6.33 Å². The molecule has 20 heavy (non-hydrogen) atoms. The van der Waals surface area contributed by atoms with Crippen molar-refractivity contribution < 1.29 is 9.90 Å². The molecule has 1 N–H and O–H groups in total. The topological polar surface area (TPSA) is 68.0 Å². The molecule has 0 atom stereocenters. The molecule has 1 heterocycles. The smallest absolute Gasteiger partial charge is 0.306 e. The summed E-state index contributed by atoms with van der Waals surface area (Å²) in [4.78, 5) is 11.0. The maximum Gasteiger partial charge on any atom is 0.306 e. The van der Waals surface area contributed by atoms with E-state index in [1.165, 1.54) is 0 Å². The van der Waals surface area contributed by atoms with Crippen LogP contribution in [0.2, 0.25) is 0 Å². The number of carboxylic acids is 1. The number of hydrogen-bond donors (Lipinski definition) is 1. The zero-order valence-electron chi connectivity index (χ0n) is 11.1. The van der Waals surface area contributed by atoms with Crippen molar-refractivity contribution in [3.05, 3.63) is 36.7 Å². The van der Waals surface area contributed by atoms with Crippen molar-refractivity contribution >= 4 is 5.97 Å². The predicted molar refractivity (Wildman–Crippen MR) is 74.1 cm³/mol. The molecule has 0 unspecified atom stereocenters. The Balaban J connectivity index is 1.80. The molecule has 1 aliphatic carbocycles. The summed E-state index contributed by atoms with van der Waals surface area (Å²) in [6.45, 7) is 0. The van der Waals surface area contributed by atoms with Crippen molar-refractivity contribution in [3.63, 3.8) is 0 Å². The van der Waals surface area contributed by atoms with Gasteiger partial charge in [-0.3, -0.25) is 4.79 Å². The Morgan fingerprint density at radius 1 is 1.15 bits per heavy atom. The molecule has 1 aliphatic rings. The van der Waals surface area contributed by atoms with Crippen LogP contribution in [-0.2, 0) is 4.79 Å². The summed E-state index contributed by atoms with van der Waals surface area (Å²) in [5.41, 5.74) is 1.05. The molecular formula is C15H17N3O2. The van der Waals surface area contributed by atoms with Crippen molar-refractivity contribution in [3.8, 4) is 11.4 Å². The van der Waals surface area contributed by atoms with E-state index in [1.54, 1.807) is 6.33 Å². The third-order valence-corrected chi connectivity index (χ3v) is 4.04. The second-order valence-corrected chi connectivity index (χ2v) is 5.27. The number of carboxylic acid groups (broad SMARTS) is 1. The maximum atomic E-state index is 11.0. The van der Waals surface area contributed by atoms with Crippen LogP contribution in [0.15, 0.2) is 36.7 Å². The highest BCUT2D eigenvalue weighted by atomic mass is 16.4. The van der Waals surface area contributed by atoms with Gasteiger partial charge in [0, 0.05) is 11.6 Å². The fraction of sp³-hybridized carbons (Fsp3) is 0.400. The third kappa shape index (κ3) is 2.43. The number of aromatic nitrogens is 3. The highest BCUT2D eigenvalue weighted by Crippen LogP contribution is 2.34. The van der Waals surface area contributed by atoms with Crippen molar-refractivity contribution in [1.82, 2.24) is 14.8 Å². The summed E-state index contributed by atoms with van der Waals surface area (Å²) in [5.74, 6) is 0.00256. The first-order valence-corrected chi connectivity index (χ1v) is 6.93. The van der Waals surface area contributed by atoms with E-state index in [-0.39, 0.29) is 5.92 Å². The van der Waals surface area contributed by atoms with Crippen molar-refractivity contribution in [2.45, 2.75) is 31.7 Å². The van der Waals surface area contributed by atoms with Crippen LogP contribution in [0, 0.1) is 5.92 Å². The van der Waals surface area contributed by atoms with Crippen LogP contribution in [0.5, 0.6) is 0 Å². The lowest BCUT2D eigenvalue weighted by atomic mass is 9.86. The maximum absolute atomic E-state index is 11.0. The van der Waals surface area contributed by atoms with Gasteiger partial charge < -0.3 is 9.67 Å². The monoisotopic (exact) mass is 271 g/mol. The van der Waals surface area contributed by atoms with Crippen molar-refractivity contribution in [2.75, 3.05) is 0 Å². The van der Waals surface area contributed by atoms with E-state index in [0.717, 1.165) is 37.1 Å². The van der Waals surface area contributed by atoms with Crippen LogP contribution in [-0.4, -0.2) is 25.8 Å². The Morgan fingerprint density at radius 3 is 2.50 bits per heavy atom. The largest absolute Gasteiger partial charge is 0.481 e. The molecule has 0 spiro atoms. The Hall–Kier alpha value is -2.17. The van der Waals surface area contributed by atoms with E-state index in [1.807, 2.05) is 30.3 Å². The van der Waals surface area contributed by atoms with Gasteiger partial charge >= 0.3 is 5.97 Å². The second kappa shape index (κ2) is 5.45. The van der Waals surface area contributed by atoms with Gasteiger partial charge in [0.15, 0.2) is 5.82 Å². The standard InChI is InChI=1S/C15H17N3O2/c19-15(20)12-6-8-13(9-7-12)18-10-16-17-14(18)11-4-2-1-3-5-11/h1-5,10,12-13H,6-9H2,(H,19,20). The molecule has 1 aromatic carbocycles. The lowest BCUT2D eigenvalue weighted by molar-refractivity contribution is -0.143. The van der Waals surface area contributed by atoms with Crippen LogP contribution in [0.1, 0.15) is 31.7 Å². The first kappa shape index (κ1) is 12.8. The molecule has 5 nitrogen and oxygen atoms in total. The number of benzene rings is 1. The zero-order valence-corrected chi connectivity index (χ0v) is 11.1. The summed E-state index contributed by atoms with van der Waals surface area (Å²) in [5, 5.41) is 17.3. The normalized spacial score (nSPS) is 22.6. The van der Waals surface area contributed by atoms with Gasteiger partial charge in [0.2, 0.25) is 0 Å². The fourth-order valence-corrected chi connectivity index (χ4v) is 2.90. The summed E-state index contributed by atoms with van der Waals surface area (Å²) in [7, 11) is 0. The van der Waals surface area contributed by atoms with Gasteiger partial charge in [0.25, 0.3) is 0 Å². The summed E-state index contributed by atoms with van der Waals surface area (Å²) < 4.78 is 2.09. The van der Waals surface area contributed by atoms with Crippen LogP contribution in [0.3, 0.4) is 0 Å². The van der Waals surface area contributed by atoms with E-state index in [9.17, 15) is 4.79 Å². The first-order valence-electron chi connectivity index (χ1n) is 6.93. The number of carbonyl (C=O) groups is 1. The first-order chi connectivity index (χ1) is 9.75. The molecule has 0 aliphatic heterocycles. The highest BCUT2D eigenvalue weighted by Gasteiger charge is 2.28. The molecule has 0 bridgehead atoms. The highest BCUT2D eigenvalue weighted by molar-refractivity contribution is 5.70. The summed E-state index contributed by atoms with van der Waals surface area (Å²) in [6, 6.07) is 10.3. The van der Waals surface area contributed by atoms with Crippen LogP contribution in [0.25, 0.3) is 11.4 Å². The molecule has 3 rings (SSSR count). The second-order valence-electron chi connectivity index (χ2n) is 5.27. The molecule has 104 valence electrons. The van der Waals surface area contributed by atoms with E-state index in [0.29, 0.717) is 6.04 Å². The zero-order chi connectivity index (χ0) is 13.9. The molecule has 0 radical (unpaired) electrons. The number of hydrogen-bond acceptors (Lipinski definition) is 3. The SMILES string of the molecule is O=C(O)C1CCC(n2cnnc2-c2ccccc2)CC1. The van der Waals surface area contributed by atoms with Crippen LogP contribution in [0.4, 0.5) is 0 Å². The summed E-state index contributed by atoms with van der Waals surface area (Å²) >= 11 is 0. The van der Waals surface area contributed by atoms with Gasteiger partial charge in [-0.1, -0.05) is 30.3 Å². The van der Waals surface area contributed by atoms with E-state index in [2.05, 4.69) is 14.8 Å². The molecule has 2 aromatic rings. The van der Waals surface area contributed by atoms with Gasteiger partial charge in [-0.05, 0) is 25.7 Å². The average Bonchev–Trinajstić information content (AvgIpc) is 2.97. The van der Waals surface area contributed by atoms with E-state index in [4.69, 9.17) is 5.11 Å². The minimum absolute atomic E-state index is 0.192. The minimum Gasteiger partial charge on any atom is -0.481 e. The van der Waals surface area contributed by atoms with Crippen LogP contribution >= 0.6 is 0 Å². The van der Waals surface area contributed by atoms with Crippen molar-refractivity contribution in [1.29, 1.82) is 0 Å². The lowest BCUT2D eigenvalue weighted by Gasteiger charge is -2.27. The molecular weight excluding hydrogens is 254 g/mol. The van der Waals surface area contributed by atoms with Gasteiger partial charge in [0.05, 0.1) is 5.92 Å². The summed E-state index contributed by atoms with van der Waals surface area (Å²) in [6.07, 6.45) is 4.95. The molecule has 0 amide bonds. The Labute approximate surface area is 117 Å². The van der Waals surface area contributed by atoms with Gasteiger partial charge in [-0.25, -0.2) is 0 Å². The number of nitrogens with zero attached hydrogens (tertiary/aromatic N) is 3. The molecule has 1 saturated carbocycles. The van der Waals surface area contributed by atoms with Crippen LogP contribution < -0.4 is 0 Å². The van der Waals surface area contributed by atoms with Gasteiger partial charge in [-0.2, -0.15) is 0 Å². The Bertz CT molecular complexity index is 586. The Morgan fingerprint density at radius 2 is 1.85 bits per heavy atom. The Kier molecular flexibility index (Phi) is 3.50. The minimum atomic E-state index is -0.671. The lowest BCUT2D eigenvalue weighted by Crippen LogP contribution is -2.23. The third-order valence-electron chi connectivity index (χ3n) is 4.04. The predicted octanol–water partition coefficient (Wildman–Crippen LogP) is 2.76. The van der Waals surface area contributed by atoms with E-state index >= 15 is 0 Å². The van der Waals surface area contributed by atoms with Gasteiger partial charge in [-0.15, -0.1) is 10.2 Å². The molecule has 0 saturated heterocycles. The average molecular weight is 271 g/mol. The molecule has 1 aromatic heterocycles. The number of rotatable bonds is 3. The van der Waals surface area contributed by atoms with E-state index < -0.39 is 5.97 Å². The van der Waals surface area contributed by atoms with Crippen molar-refractivity contribution in [2.24, 2.45) is 5.92 Å². The molecule has 5 heteroatoms. The number of aliphatic carboxylic acids is 1.